The Morgan fingerprint density at radius 3 is 2.07 bits per heavy atom. The summed E-state index contributed by atoms with van der Waals surface area (Å²) in [5, 5.41) is 19.7. The predicted molar refractivity (Wildman–Crippen MR) is 143 cm³/mol. The average molecular weight is 605 g/mol. The van der Waals surface area contributed by atoms with Gasteiger partial charge in [-0.2, -0.15) is 13.2 Å². The number of halogens is 3. The summed E-state index contributed by atoms with van der Waals surface area (Å²) in [6, 6.07) is 10.4. The number of rotatable bonds is 10. The van der Waals surface area contributed by atoms with Gasteiger partial charge in [0, 0.05) is 38.4 Å². The lowest BCUT2D eigenvalue weighted by molar-refractivity contribution is -0.192. The van der Waals surface area contributed by atoms with E-state index < -0.39 is 28.1 Å². The molecule has 2 aromatic rings. The first-order valence-corrected chi connectivity index (χ1v) is 13.7. The van der Waals surface area contributed by atoms with E-state index in [2.05, 4.69) is 14.9 Å². The van der Waals surface area contributed by atoms with Crippen molar-refractivity contribution in [1.82, 2.24) is 10.2 Å². The van der Waals surface area contributed by atoms with Gasteiger partial charge >= 0.3 is 18.1 Å². The van der Waals surface area contributed by atoms with E-state index in [1.54, 1.807) is 6.07 Å². The molecule has 0 saturated carbocycles. The predicted octanol–water partition coefficient (Wildman–Crippen LogP) is 2.48. The van der Waals surface area contributed by atoms with Crippen molar-refractivity contribution in [3.8, 4) is 5.75 Å². The minimum Gasteiger partial charge on any atom is -0.497 e. The maximum atomic E-state index is 12.8. The summed E-state index contributed by atoms with van der Waals surface area (Å²) in [4.78, 5) is 36.8. The number of hydrogen-bond donors (Lipinski definition) is 4. The van der Waals surface area contributed by atoms with Crippen LogP contribution in [-0.2, 0) is 19.6 Å². The van der Waals surface area contributed by atoms with Gasteiger partial charge in [-0.25, -0.2) is 18.0 Å². The average Bonchev–Trinajstić information content (AvgIpc) is 2.92. The van der Waals surface area contributed by atoms with E-state index in [0.29, 0.717) is 50.7 Å². The van der Waals surface area contributed by atoms with Gasteiger partial charge in [-0.3, -0.25) is 14.4 Å². The number of piperazine rings is 1. The first-order valence-electron chi connectivity index (χ1n) is 12.3. The van der Waals surface area contributed by atoms with Gasteiger partial charge in [-0.05, 0) is 48.9 Å². The fourth-order valence-electron chi connectivity index (χ4n) is 3.64. The summed E-state index contributed by atoms with van der Waals surface area (Å²) in [7, 11) is -2.51. The first-order chi connectivity index (χ1) is 19.2. The number of nitrogens with one attached hydrogen (secondary N) is 2. The van der Waals surface area contributed by atoms with E-state index in [9.17, 15) is 36.3 Å². The Labute approximate surface area is 234 Å². The van der Waals surface area contributed by atoms with Gasteiger partial charge in [0.25, 0.3) is 10.0 Å². The van der Waals surface area contributed by atoms with Gasteiger partial charge in [0.05, 0.1) is 29.8 Å². The highest BCUT2D eigenvalue weighted by Crippen LogP contribution is 2.27. The highest BCUT2D eigenvalue weighted by atomic mass is 32.2. The Morgan fingerprint density at radius 2 is 1.59 bits per heavy atom. The van der Waals surface area contributed by atoms with Crippen LogP contribution < -0.4 is 19.7 Å². The van der Waals surface area contributed by atoms with Crippen LogP contribution in [-0.4, -0.2) is 93.9 Å². The Morgan fingerprint density at radius 1 is 1.00 bits per heavy atom. The highest BCUT2D eigenvalue weighted by Gasteiger charge is 2.38. The van der Waals surface area contributed by atoms with Gasteiger partial charge in [-0.1, -0.05) is 6.92 Å². The monoisotopic (exact) mass is 604 g/mol. The molecular weight excluding hydrogens is 573 g/mol. The summed E-state index contributed by atoms with van der Waals surface area (Å²) >= 11 is 0. The number of ether oxygens (including phenoxy) is 1. The number of carboxylic acid groups (broad SMARTS) is 2. The van der Waals surface area contributed by atoms with E-state index in [1.165, 1.54) is 43.5 Å². The third-order valence-corrected chi connectivity index (χ3v) is 7.15. The Bertz CT molecular complexity index is 1310. The number of methoxy groups -OCH3 is 1. The molecule has 12 nitrogen and oxygen atoms in total. The zero-order valence-corrected chi connectivity index (χ0v) is 23.1. The van der Waals surface area contributed by atoms with Crippen molar-refractivity contribution in [3.05, 3.63) is 48.0 Å². The third-order valence-electron chi connectivity index (χ3n) is 5.77. The molecule has 4 N–H and O–H groups in total. The number of sulfonamides is 1. The zero-order valence-electron chi connectivity index (χ0n) is 22.3. The molecule has 0 unspecified atom stereocenters. The summed E-state index contributed by atoms with van der Waals surface area (Å²) in [5.74, 6) is -3.49. The minimum absolute atomic E-state index is 0.00281. The second kappa shape index (κ2) is 14.5. The molecular formula is C25H31F3N4O8S. The number of anilines is 2. The molecule has 1 saturated heterocycles. The maximum absolute atomic E-state index is 12.8. The molecule has 1 aliphatic rings. The van der Waals surface area contributed by atoms with Crippen molar-refractivity contribution >= 4 is 39.2 Å². The Balaban J connectivity index is 0.000000745. The van der Waals surface area contributed by atoms with Crippen LogP contribution in [0.1, 0.15) is 23.7 Å². The molecule has 0 aromatic heterocycles. The van der Waals surface area contributed by atoms with Crippen molar-refractivity contribution in [3.63, 3.8) is 0 Å². The second-order valence-corrected chi connectivity index (χ2v) is 10.4. The number of carboxylic acids is 2. The number of nitrogens with zero attached hydrogens (tertiary/aromatic N) is 2. The van der Waals surface area contributed by atoms with Gasteiger partial charge in [0.2, 0.25) is 5.91 Å². The fraction of sp³-hybridized carbons (Fsp3) is 0.400. The molecule has 0 spiro atoms. The van der Waals surface area contributed by atoms with E-state index in [4.69, 9.17) is 14.6 Å². The Kier molecular flexibility index (Phi) is 11.8. The van der Waals surface area contributed by atoms with Crippen molar-refractivity contribution in [1.29, 1.82) is 0 Å². The molecule has 0 radical (unpaired) electrons. The van der Waals surface area contributed by atoms with Crippen molar-refractivity contribution in [2.45, 2.75) is 24.4 Å². The van der Waals surface area contributed by atoms with E-state index in [0.717, 1.165) is 6.42 Å². The van der Waals surface area contributed by atoms with Crippen LogP contribution in [0, 0.1) is 0 Å². The van der Waals surface area contributed by atoms with Crippen LogP contribution in [0.4, 0.5) is 24.5 Å². The smallest absolute Gasteiger partial charge is 0.490 e. The van der Waals surface area contributed by atoms with Gasteiger partial charge in [0.15, 0.2) is 0 Å². The Hall–Kier alpha value is -4.05. The molecule has 16 heteroatoms. The summed E-state index contributed by atoms with van der Waals surface area (Å²) in [6.45, 7) is 5.56. The standard InChI is InChI=1S/C23H30N4O6S.C2HF3O2/c1-3-10-24-22(28)16-26-11-13-27(14-12-26)17-4-9-21(20(15-17)23(29)30)25-34(31,32)19-7-5-18(33-2)6-8-19;3-2(4,5)1(6)7/h4-9,15,25H,3,10-14,16H2,1-2H3,(H,24,28)(H,29,30);(H,6,7). The fourth-order valence-corrected chi connectivity index (χ4v) is 4.72. The van der Waals surface area contributed by atoms with Crippen molar-refractivity contribution in [2.75, 3.05) is 56.0 Å². The number of carbonyl (C=O) groups is 3. The minimum atomic E-state index is -5.08. The normalized spacial score (nSPS) is 13.9. The summed E-state index contributed by atoms with van der Waals surface area (Å²) in [5.41, 5.74) is 0.522. The molecule has 2 aromatic carbocycles. The maximum Gasteiger partial charge on any atom is 0.490 e. The molecule has 41 heavy (non-hydrogen) atoms. The lowest BCUT2D eigenvalue weighted by Gasteiger charge is -2.36. The zero-order chi connectivity index (χ0) is 30.8. The first kappa shape index (κ1) is 33.2. The van der Waals surface area contributed by atoms with Crippen LogP contribution >= 0.6 is 0 Å². The SMILES string of the molecule is CCCNC(=O)CN1CCN(c2ccc(NS(=O)(=O)c3ccc(OC)cc3)c(C(=O)O)c2)CC1.O=C(O)C(F)(F)F. The van der Waals surface area contributed by atoms with Crippen LogP contribution in [0.2, 0.25) is 0 Å². The molecule has 0 bridgehead atoms. The highest BCUT2D eigenvalue weighted by molar-refractivity contribution is 7.92. The van der Waals surface area contributed by atoms with Gasteiger partial charge in [0.1, 0.15) is 5.75 Å². The van der Waals surface area contributed by atoms with Crippen molar-refractivity contribution < 1.29 is 50.9 Å². The molecule has 3 rings (SSSR count). The van der Waals surface area contributed by atoms with Crippen LogP contribution in [0.3, 0.4) is 0 Å². The molecule has 1 heterocycles. The quantitative estimate of drug-likeness (QED) is 0.317. The number of aromatic carboxylic acids is 1. The van der Waals surface area contributed by atoms with Crippen LogP contribution in [0.25, 0.3) is 0 Å². The molecule has 1 aliphatic heterocycles. The number of benzene rings is 2. The summed E-state index contributed by atoms with van der Waals surface area (Å²) in [6.07, 6.45) is -4.20. The molecule has 1 amide bonds. The third kappa shape index (κ3) is 10.1. The van der Waals surface area contributed by atoms with Crippen LogP contribution in [0.5, 0.6) is 5.75 Å². The lowest BCUT2D eigenvalue weighted by atomic mass is 10.1. The molecule has 226 valence electrons. The number of alkyl halides is 3. The van der Waals surface area contributed by atoms with E-state index in [1.807, 2.05) is 11.8 Å². The molecule has 0 atom stereocenters. The van der Waals surface area contributed by atoms with E-state index in [-0.39, 0.29) is 22.1 Å². The van der Waals surface area contributed by atoms with Crippen LogP contribution in [0.15, 0.2) is 47.4 Å². The number of aliphatic carboxylic acids is 1. The van der Waals surface area contributed by atoms with Crippen molar-refractivity contribution in [2.24, 2.45) is 0 Å². The molecule has 0 aliphatic carbocycles. The molecule has 1 fully saturated rings. The van der Waals surface area contributed by atoms with Gasteiger partial charge < -0.3 is 25.2 Å². The largest absolute Gasteiger partial charge is 0.497 e. The number of hydrogen-bond acceptors (Lipinski definition) is 8. The van der Waals surface area contributed by atoms with E-state index >= 15 is 0 Å². The topological polar surface area (TPSA) is 166 Å². The lowest BCUT2D eigenvalue weighted by Crippen LogP contribution is -2.49. The second-order valence-electron chi connectivity index (χ2n) is 8.73. The van der Waals surface area contributed by atoms with Gasteiger partial charge in [-0.15, -0.1) is 0 Å². The number of carbonyl (C=O) groups excluding carboxylic acids is 1. The number of amides is 1. The summed E-state index contributed by atoms with van der Waals surface area (Å²) < 4.78 is 64.7.